The first-order valence-electron chi connectivity index (χ1n) is 4.01. The zero-order valence-corrected chi connectivity index (χ0v) is 7.25. The summed E-state index contributed by atoms with van der Waals surface area (Å²) in [5.74, 6) is 0. The molecule has 0 fully saturated rings. The molecule has 0 heterocycles. The smallest absolute Gasteiger partial charge is 0.101 e. The molecule has 1 aromatic rings. The summed E-state index contributed by atoms with van der Waals surface area (Å²) < 4.78 is 0. The Morgan fingerprint density at radius 1 is 1.46 bits per heavy atom. The van der Waals surface area contributed by atoms with Crippen molar-refractivity contribution in [1.29, 1.82) is 5.26 Å². The Morgan fingerprint density at radius 3 is 2.85 bits per heavy atom. The van der Waals surface area contributed by atoms with Crippen molar-refractivity contribution < 1.29 is 0 Å². The predicted octanol–water partition coefficient (Wildman–Crippen LogP) is 0.511. The van der Waals surface area contributed by atoms with Gasteiger partial charge in [0.15, 0.2) is 0 Å². The van der Waals surface area contributed by atoms with E-state index >= 15 is 0 Å². The summed E-state index contributed by atoms with van der Waals surface area (Å²) in [6, 6.07) is 7.23. The average Bonchev–Trinajstić information content (AvgIpc) is 2.16. The molecule has 0 aliphatic carbocycles. The van der Waals surface area contributed by atoms with E-state index in [9.17, 15) is 0 Å². The molecule has 0 bridgehead atoms. The van der Waals surface area contributed by atoms with Crippen molar-refractivity contribution in [3.05, 3.63) is 23.8 Å². The van der Waals surface area contributed by atoms with Crippen LogP contribution in [0.15, 0.2) is 18.2 Å². The number of nitrogens with zero attached hydrogens (tertiary/aromatic N) is 1. The van der Waals surface area contributed by atoms with Crippen LogP contribution in [0.4, 0.5) is 11.4 Å². The van der Waals surface area contributed by atoms with Gasteiger partial charge >= 0.3 is 0 Å². The van der Waals surface area contributed by atoms with Crippen LogP contribution in [0.3, 0.4) is 0 Å². The summed E-state index contributed by atoms with van der Waals surface area (Å²) in [5, 5.41) is 11.8. The number of nitrogen functional groups attached to an aromatic ring is 1. The molecule has 0 saturated carbocycles. The van der Waals surface area contributed by atoms with E-state index in [0.29, 0.717) is 24.3 Å². The highest BCUT2D eigenvalue weighted by atomic mass is 14.9. The number of nitriles is 1. The summed E-state index contributed by atoms with van der Waals surface area (Å²) in [5.41, 5.74) is 12.8. The highest BCUT2D eigenvalue weighted by Gasteiger charge is 2.00. The second-order valence-electron chi connectivity index (χ2n) is 2.63. The predicted molar refractivity (Wildman–Crippen MR) is 53.1 cm³/mol. The Kier molecular flexibility index (Phi) is 3.12. The molecule has 0 radical (unpaired) electrons. The van der Waals surface area contributed by atoms with Crippen LogP contribution in [-0.4, -0.2) is 13.1 Å². The number of rotatable bonds is 3. The van der Waals surface area contributed by atoms with Crippen molar-refractivity contribution in [3.8, 4) is 6.07 Å². The Hall–Kier alpha value is -1.73. The summed E-state index contributed by atoms with van der Waals surface area (Å²) in [4.78, 5) is 0. The van der Waals surface area contributed by atoms with Gasteiger partial charge < -0.3 is 16.8 Å². The van der Waals surface area contributed by atoms with Gasteiger partial charge in [-0.1, -0.05) is 0 Å². The van der Waals surface area contributed by atoms with Gasteiger partial charge in [0, 0.05) is 18.8 Å². The normalized spacial score (nSPS) is 9.23. The molecule has 0 amide bonds. The van der Waals surface area contributed by atoms with Gasteiger partial charge in [-0.15, -0.1) is 0 Å². The van der Waals surface area contributed by atoms with Crippen molar-refractivity contribution >= 4 is 11.4 Å². The molecule has 4 nitrogen and oxygen atoms in total. The number of nitrogens with one attached hydrogen (secondary N) is 1. The highest BCUT2D eigenvalue weighted by molar-refractivity contribution is 5.62. The molecule has 1 rings (SSSR count). The average molecular weight is 176 g/mol. The van der Waals surface area contributed by atoms with Crippen LogP contribution in [0.25, 0.3) is 0 Å². The lowest BCUT2D eigenvalue weighted by Crippen LogP contribution is -2.13. The zero-order chi connectivity index (χ0) is 9.68. The maximum absolute atomic E-state index is 8.77. The van der Waals surface area contributed by atoms with Gasteiger partial charge in [0.1, 0.15) is 6.07 Å². The number of anilines is 2. The first kappa shape index (κ1) is 9.36. The van der Waals surface area contributed by atoms with E-state index < -0.39 is 0 Å². The molecular formula is C9H12N4. The lowest BCUT2D eigenvalue weighted by atomic mass is 10.2. The number of hydrogen-bond acceptors (Lipinski definition) is 4. The number of benzene rings is 1. The summed E-state index contributed by atoms with van der Waals surface area (Å²) >= 11 is 0. The third-order valence-electron chi connectivity index (χ3n) is 1.62. The van der Waals surface area contributed by atoms with Crippen molar-refractivity contribution in [1.82, 2.24) is 0 Å². The van der Waals surface area contributed by atoms with Gasteiger partial charge in [-0.2, -0.15) is 5.26 Å². The van der Waals surface area contributed by atoms with Gasteiger partial charge in [-0.25, -0.2) is 0 Å². The minimum absolute atomic E-state index is 0.537. The maximum atomic E-state index is 8.77. The molecule has 68 valence electrons. The second kappa shape index (κ2) is 4.33. The van der Waals surface area contributed by atoms with Crippen LogP contribution in [0.1, 0.15) is 5.56 Å². The van der Waals surface area contributed by atoms with Crippen LogP contribution in [0, 0.1) is 11.3 Å². The fourth-order valence-electron chi connectivity index (χ4n) is 1.02. The SMILES string of the molecule is N#Cc1cc(N)ccc1NCCN. The fraction of sp³-hybridized carbons (Fsp3) is 0.222. The topological polar surface area (TPSA) is 87.9 Å². The maximum Gasteiger partial charge on any atom is 0.101 e. The van der Waals surface area contributed by atoms with Crippen LogP contribution in [0.2, 0.25) is 0 Å². The summed E-state index contributed by atoms with van der Waals surface area (Å²) in [6.07, 6.45) is 0. The molecule has 0 atom stereocenters. The largest absolute Gasteiger partial charge is 0.399 e. The minimum atomic E-state index is 0.537. The number of hydrogen-bond donors (Lipinski definition) is 3. The molecule has 0 aromatic heterocycles. The minimum Gasteiger partial charge on any atom is -0.399 e. The van der Waals surface area contributed by atoms with Gasteiger partial charge in [0.05, 0.1) is 11.3 Å². The molecule has 0 saturated heterocycles. The molecule has 0 aliphatic heterocycles. The highest BCUT2D eigenvalue weighted by Crippen LogP contribution is 2.17. The molecule has 0 aliphatic rings. The first-order valence-corrected chi connectivity index (χ1v) is 4.01. The standard InChI is InChI=1S/C9H12N4/c10-3-4-13-9-2-1-8(12)5-7(9)6-11/h1-2,5,13H,3-4,10,12H2. The third-order valence-corrected chi connectivity index (χ3v) is 1.62. The van der Waals surface area contributed by atoms with Crippen molar-refractivity contribution in [2.24, 2.45) is 5.73 Å². The molecule has 0 unspecified atom stereocenters. The van der Waals surface area contributed by atoms with Crippen LogP contribution >= 0.6 is 0 Å². The second-order valence-corrected chi connectivity index (χ2v) is 2.63. The van der Waals surface area contributed by atoms with E-state index in [1.807, 2.05) is 0 Å². The molecule has 5 N–H and O–H groups in total. The van der Waals surface area contributed by atoms with Gasteiger partial charge in [-0.05, 0) is 18.2 Å². The molecule has 0 spiro atoms. The Balaban J connectivity index is 2.88. The van der Waals surface area contributed by atoms with Crippen LogP contribution in [0.5, 0.6) is 0 Å². The molecular weight excluding hydrogens is 164 g/mol. The lowest BCUT2D eigenvalue weighted by Gasteiger charge is -2.06. The van der Waals surface area contributed by atoms with Crippen LogP contribution in [-0.2, 0) is 0 Å². The Morgan fingerprint density at radius 2 is 2.23 bits per heavy atom. The number of nitrogens with two attached hydrogens (primary N) is 2. The van der Waals surface area contributed by atoms with Gasteiger partial charge in [0.2, 0.25) is 0 Å². The van der Waals surface area contributed by atoms with Crippen LogP contribution < -0.4 is 16.8 Å². The van der Waals surface area contributed by atoms with E-state index in [4.69, 9.17) is 16.7 Å². The quantitative estimate of drug-likeness (QED) is 0.585. The molecule has 1 aromatic carbocycles. The van der Waals surface area contributed by atoms with E-state index in [1.54, 1.807) is 18.2 Å². The van der Waals surface area contributed by atoms with Crippen molar-refractivity contribution in [2.75, 3.05) is 24.1 Å². The summed E-state index contributed by atoms with van der Waals surface area (Å²) in [6.45, 7) is 1.19. The van der Waals surface area contributed by atoms with E-state index in [1.165, 1.54) is 0 Å². The van der Waals surface area contributed by atoms with E-state index in [-0.39, 0.29) is 0 Å². The van der Waals surface area contributed by atoms with E-state index in [0.717, 1.165) is 5.69 Å². The molecule has 4 heteroatoms. The monoisotopic (exact) mass is 176 g/mol. The Labute approximate surface area is 77.1 Å². The zero-order valence-electron chi connectivity index (χ0n) is 7.25. The molecule has 13 heavy (non-hydrogen) atoms. The van der Waals surface area contributed by atoms with E-state index in [2.05, 4.69) is 11.4 Å². The Bertz CT molecular complexity index is 327. The van der Waals surface area contributed by atoms with Gasteiger partial charge in [0.25, 0.3) is 0 Å². The fourth-order valence-corrected chi connectivity index (χ4v) is 1.02. The third kappa shape index (κ3) is 2.36. The van der Waals surface area contributed by atoms with Gasteiger partial charge in [-0.3, -0.25) is 0 Å². The van der Waals surface area contributed by atoms with Crippen molar-refractivity contribution in [2.45, 2.75) is 0 Å². The first-order chi connectivity index (χ1) is 6.27. The summed E-state index contributed by atoms with van der Waals surface area (Å²) in [7, 11) is 0. The van der Waals surface area contributed by atoms with Crippen molar-refractivity contribution in [3.63, 3.8) is 0 Å². The lowest BCUT2D eigenvalue weighted by molar-refractivity contribution is 1.02.